The first kappa shape index (κ1) is 9.70. The quantitative estimate of drug-likeness (QED) is 0.644. The van der Waals surface area contributed by atoms with E-state index in [1.807, 2.05) is 13.8 Å². The summed E-state index contributed by atoms with van der Waals surface area (Å²) in [7, 11) is 0. The zero-order chi connectivity index (χ0) is 10.2. The topological polar surface area (TPSA) is 75.8 Å². The van der Waals surface area contributed by atoms with Gasteiger partial charge in [0.2, 0.25) is 0 Å². The first-order chi connectivity index (χ1) is 5.95. The molecular weight excluding hydrogens is 170 g/mol. The van der Waals surface area contributed by atoms with Gasteiger partial charge in [-0.15, -0.1) is 5.01 Å². The van der Waals surface area contributed by atoms with Crippen LogP contribution >= 0.6 is 0 Å². The lowest BCUT2D eigenvalue weighted by atomic mass is 9.92. The number of hydrogen-bond acceptors (Lipinski definition) is 3. The molecule has 1 aliphatic heterocycles. The standard InChI is InChI=1S/C8H13N3O2/c1-4(2)6-5(3)10-11(7(6)12)8(9)13/h4,6H,1-3H3,(H2,9,13). The van der Waals surface area contributed by atoms with Crippen molar-refractivity contribution in [1.29, 1.82) is 0 Å². The molecule has 0 aromatic heterocycles. The molecule has 5 heteroatoms. The lowest BCUT2D eigenvalue weighted by Crippen LogP contribution is -2.37. The summed E-state index contributed by atoms with van der Waals surface area (Å²) in [6.45, 7) is 5.55. The summed E-state index contributed by atoms with van der Waals surface area (Å²) in [5.74, 6) is -0.479. The molecule has 0 saturated heterocycles. The normalized spacial score (nSPS) is 22.5. The summed E-state index contributed by atoms with van der Waals surface area (Å²) in [5.41, 5.74) is 5.62. The molecule has 1 heterocycles. The molecule has 1 rings (SSSR count). The Balaban J connectivity index is 2.92. The van der Waals surface area contributed by atoms with Crippen molar-refractivity contribution < 1.29 is 9.59 Å². The van der Waals surface area contributed by atoms with Crippen molar-refractivity contribution in [3.8, 4) is 0 Å². The largest absolute Gasteiger partial charge is 0.350 e. The average molecular weight is 183 g/mol. The van der Waals surface area contributed by atoms with Crippen LogP contribution in [0.1, 0.15) is 20.8 Å². The smallest absolute Gasteiger partial charge is 0.342 e. The molecule has 0 aromatic carbocycles. The second-order valence-corrected chi connectivity index (χ2v) is 3.45. The van der Waals surface area contributed by atoms with Crippen molar-refractivity contribution in [2.75, 3.05) is 0 Å². The van der Waals surface area contributed by atoms with Crippen LogP contribution in [0.25, 0.3) is 0 Å². The van der Waals surface area contributed by atoms with Crippen molar-refractivity contribution in [3.05, 3.63) is 0 Å². The number of nitrogens with two attached hydrogens (primary N) is 1. The summed E-state index contributed by atoms with van der Waals surface area (Å²) in [4.78, 5) is 22.3. The van der Waals surface area contributed by atoms with Gasteiger partial charge in [-0.25, -0.2) is 4.79 Å². The van der Waals surface area contributed by atoms with Gasteiger partial charge in [0, 0.05) is 5.71 Å². The minimum absolute atomic E-state index is 0.139. The van der Waals surface area contributed by atoms with Gasteiger partial charge in [0.15, 0.2) is 0 Å². The maximum Gasteiger partial charge on any atom is 0.342 e. The first-order valence-corrected chi connectivity index (χ1v) is 4.13. The fraction of sp³-hybridized carbons (Fsp3) is 0.625. The Morgan fingerprint density at radius 3 is 2.38 bits per heavy atom. The summed E-state index contributed by atoms with van der Waals surface area (Å²) in [5, 5.41) is 4.53. The van der Waals surface area contributed by atoms with Crippen molar-refractivity contribution in [2.24, 2.45) is 22.7 Å². The number of amides is 3. The van der Waals surface area contributed by atoms with Crippen LogP contribution in [0.15, 0.2) is 5.10 Å². The van der Waals surface area contributed by atoms with Crippen molar-refractivity contribution in [2.45, 2.75) is 20.8 Å². The molecule has 5 nitrogen and oxygen atoms in total. The van der Waals surface area contributed by atoms with E-state index in [1.54, 1.807) is 6.92 Å². The van der Waals surface area contributed by atoms with Gasteiger partial charge in [-0.1, -0.05) is 13.8 Å². The van der Waals surface area contributed by atoms with E-state index in [0.29, 0.717) is 5.71 Å². The molecule has 0 saturated carbocycles. The highest BCUT2D eigenvalue weighted by molar-refractivity contribution is 6.12. The van der Waals surface area contributed by atoms with Gasteiger partial charge in [-0.2, -0.15) is 5.10 Å². The number of rotatable bonds is 1. The second kappa shape index (κ2) is 3.16. The van der Waals surface area contributed by atoms with Crippen LogP contribution in [-0.2, 0) is 4.79 Å². The van der Waals surface area contributed by atoms with E-state index in [0.717, 1.165) is 5.01 Å². The minimum atomic E-state index is -0.812. The number of carbonyl (C=O) groups excluding carboxylic acids is 2. The summed E-state index contributed by atoms with van der Waals surface area (Å²) in [6.07, 6.45) is 0. The first-order valence-electron chi connectivity index (χ1n) is 4.13. The third kappa shape index (κ3) is 1.54. The van der Waals surface area contributed by atoms with E-state index >= 15 is 0 Å². The summed E-state index contributed by atoms with van der Waals surface area (Å²) < 4.78 is 0. The molecule has 0 bridgehead atoms. The van der Waals surface area contributed by atoms with Crippen LogP contribution in [0.4, 0.5) is 4.79 Å². The fourth-order valence-corrected chi connectivity index (χ4v) is 1.51. The Bertz CT molecular complexity index is 283. The van der Waals surface area contributed by atoms with E-state index < -0.39 is 6.03 Å². The van der Waals surface area contributed by atoms with E-state index in [4.69, 9.17) is 5.73 Å². The minimum Gasteiger partial charge on any atom is -0.350 e. The monoisotopic (exact) mass is 183 g/mol. The van der Waals surface area contributed by atoms with Gasteiger partial charge in [0.25, 0.3) is 5.91 Å². The molecular formula is C8H13N3O2. The molecule has 1 aliphatic rings. The molecule has 0 fully saturated rings. The van der Waals surface area contributed by atoms with Crippen LogP contribution in [0.5, 0.6) is 0 Å². The van der Waals surface area contributed by atoms with Crippen LogP contribution in [-0.4, -0.2) is 22.7 Å². The Hall–Kier alpha value is -1.39. The van der Waals surface area contributed by atoms with Gasteiger partial charge in [-0.3, -0.25) is 4.79 Å². The van der Waals surface area contributed by atoms with Gasteiger partial charge in [-0.05, 0) is 12.8 Å². The van der Waals surface area contributed by atoms with Crippen LogP contribution in [0.3, 0.4) is 0 Å². The van der Waals surface area contributed by atoms with E-state index in [9.17, 15) is 9.59 Å². The molecule has 0 aromatic rings. The van der Waals surface area contributed by atoms with Gasteiger partial charge < -0.3 is 5.73 Å². The SMILES string of the molecule is CC1=NN(C(N)=O)C(=O)C1C(C)C. The Kier molecular flexibility index (Phi) is 2.36. The number of imide groups is 1. The molecule has 13 heavy (non-hydrogen) atoms. The second-order valence-electron chi connectivity index (χ2n) is 3.45. The molecule has 3 amide bonds. The van der Waals surface area contributed by atoms with Gasteiger partial charge in [0.05, 0.1) is 5.92 Å². The Morgan fingerprint density at radius 1 is 1.62 bits per heavy atom. The predicted molar refractivity (Wildman–Crippen MR) is 47.9 cm³/mol. The number of primary amides is 1. The lowest BCUT2D eigenvalue weighted by Gasteiger charge is -2.13. The average Bonchev–Trinajstić information content (AvgIpc) is 2.26. The highest BCUT2D eigenvalue weighted by Gasteiger charge is 2.37. The molecule has 72 valence electrons. The van der Waals surface area contributed by atoms with Crippen molar-refractivity contribution in [1.82, 2.24) is 5.01 Å². The summed E-state index contributed by atoms with van der Waals surface area (Å²) >= 11 is 0. The number of nitrogens with zero attached hydrogens (tertiary/aromatic N) is 2. The maximum atomic E-state index is 11.5. The molecule has 1 unspecified atom stereocenters. The molecule has 2 N–H and O–H groups in total. The molecule has 1 atom stereocenters. The number of hydrogen-bond donors (Lipinski definition) is 1. The third-order valence-electron chi connectivity index (χ3n) is 2.06. The maximum absolute atomic E-state index is 11.5. The highest BCUT2D eigenvalue weighted by atomic mass is 16.2. The van der Waals surface area contributed by atoms with Crippen molar-refractivity contribution >= 4 is 17.6 Å². The highest BCUT2D eigenvalue weighted by Crippen LogP contribution is 2.22. The Labute approximate surface area is 76.6 Å². The van der Waals surface area contributed by atoms with Crippen LogP contribution < -0.4 is 5.73 Å². The summed E-state index contributed by atoms with van der Waals surface area (Å²) in [6, 6.07) is -0.812. The fourth-order valence-electron chi connectivity index (χ4n) is 1.51. The zero-order valence-electron chi connectivity index (χ0n) is 7.94. The Morgan fingerprint density at radius 2 is 2.15 bits per heavy atom. The van der Waals surface area contributed by atoms with Crippen molar-refractivity contribution in [3.63, 3.8) is 0 Å². The third-order valence-corrected chi connectivity index (χ3v) is 2.06. The predicted octanol–water partition coefficient (Wildman–Crippen LogP) is 0.555. The van der Waals surface area contributed by atoms with E-state index in [2.05, 4.69) is 5.10 Å². The number of urea groups is 1. The lowest BCUT2D eigenvalue weighted by molar-refractivity contribution is -0.129. The molecule has 0 aliphatic carbocycles. The molecule has 0 spiro atoms. The molecule has 0 radical (unpaired) electrons. The zero-order valence-corrected chi connectivity index (χ0v) is 7.94. The number of carbonyl (C=O) groups is 2. The van der Waals surface area contributed by atoms with Crippen LogP contribution in [0.2, 0.25) is 0 Å². The van der Waals surface area contributed by atoms with Gasteiger partial charge >= 0.3 is 6.03 Å². The van der Waals surface area contributed by atoms with E-state index in [-0.39, 0.29) is 17.7 Å². The van der Waals surface area contributed by atoms with Crippen LogP contribution in [0, 0.1) is 11.8 Å². The van der Waals surface area contributed by atoms with Gasteiger partial charge in [0.1, 0.15) is 0 Å². The van der Waals surface area contributed by atoms with E-state index in [1.165, 1.54) is 0 Å². The number of hydrazone groups is 1.